The van der Waals surface area contributed by atoms with Crippen molar-refractivity contribution < 1.29 is 18.7 Å². The lowest BCUT2D eigenvalue weighted by atomic mass is 9.77. The van der Waals surface area contributed by atoms with Gasteiger partial charge in [0.1, 0.15) is 18.2 Å². The molecule has 0 saturated carbocycles. The Balaban J connectivity index is 1.41. The van der Waals surface area contributed by atoms with Crippen LogP contribution in [0.5, 0.6) is 5.75 Å². The number of carbonyl (C=O) groups excluding carboxylic acids is 2. The van der Waals surface area contributed by atoms with E-state index in [4.69, 9.17) is 10.00 Å². The lowest BCUT2D eigenvalue weighted by Gasteiger charge is -2.38. The fourth-order valence-corrected chi connectivity index (χ4v) is 4.81. The van der Waals surface area contributed by atoms with Gasteiger partial charge in [0.2, 0.25) is 5.91 Å². The van der Waals surface area contributed by atoms with Gasteiger partial charge >= 0.3 is 0 Å². The third-order valence-electron chi connectivity index (χ3n) is 6.53. The van der Waals surface area contributed by atoms with Gasteiger partial charge in [-0.15, -0.1) is 0 Å². The van der Waals surface area contributed by atoms with Crippen molar-refractivity contribution in [2.45, 2.75) is 38.2 Å². The van der Waals surface area contributed by atoms with E-state index in [9.17, 15) is 14.0 Å². The molecular weight excluding hydrogens is 443 g/mol. The first-order valence-electron chi connectivity index (χ1n) is 11.6. The molecule has 0 saturated heterocycles. The molecule has 3 aromatic rings. The number of hydrogen-bond donors (Lipinski definition) is 0. The predicted molar refractivity (Wildman–Crippen MR) is 129 cm³/mol. The summed E-state index contributed by atoms with van der Waals surface area (Å²) >= 11 is 0. The Kier molecular flexibility index (Phi) is 6.15. The van der Waals surface area contributed by atoms with Gasteiger partial charge in [0.15, 0.2) is 5.78 Å². The van der Waals surface area contributed by atoms with Crippen LogP contribution in [0.3, 0.4) is 0 Å². The van der Waals surface area contributed by atoms with Crippen molar-refractivity contribution in [2.24, 2.45) is 0 Å². The minimum Gasteiger partial charge on any atom is -0.489 e. The first-order chi connectivity index (χ1) is 17.0. The van der Waals surface area contributed by atoms with Crippen LogP contribution in [0.2, 0.25) is 0 Å². The highest BCUT2D eigenvalue weighted by atomic mass is 19.1. The van der Waals surface area contributed by atoms with Gasteiger partial charge in [0.05, 0.1) is 11.6 Å². The Bertz CT molecular complexity index is 1340. The van der Waals surface area contributed by atoms with Gasteiger partial charge in [0, 0.05) is 35.7 Å². The topological polar surface area (TPSA) is 70.4 Å². The zero-order valence-electron chi connectivity index (χ0n) is 19.0. The molecule has 0 radical (unpaired) electrons. The molecule has 3 aromatic carbocycles. The van der Waals surface area contributed by atoms with E-state index in [1.54, 1.807) is 41.3 Å². The second kappa shape index (κ2) is 9.55. The van der Waals surface area contributed by atoms with Gasteiger partial charge in [-0.1, -0.05) is 24.3 Å². The van der Waals surface area contributed by atoms with Crippen molar-refractivity contribution in [1.29, 1.82) is 5.26 Å². The summed E-state index contributed by atoms with van der Waals surface area (Å²) < 4.78 is 18.9. The molecule has 0 fully saturated rings. The molecule has 0 spiro atoms. The molecule has 35 heavy (non-hydrogen) atoms. The Morgan fingerprint density at radius 1 is 0.943 bits per heavy atom. The van der Waals surface area contributed by atoms with Crippen LogP contribution in [-0.4, -0.2) is 11.7 Å². The summed E-state index contributed by atoms with van der Waals surface area (Å²) in [5.74, 6) is 0.0855. The van der Waals surface area contributed by atoms with Crippen molar-refractivity contribution in [1.82, 2.24) is 0 Å². The Labute approximate surface area is 203 Å². The molecule has 0 aromatic heterocycles. The number of benzene rings is 3. The highest BCUT2D eigenvalue weighted by molar-refractivity contribution is 6.07. The maximum Gasteiger partial charge on any atom is 0.232 e. The van der Waals surface area contributed by atoms with Gasteiger partial charge in [-0.05, 0) is 72.5 Å². The van der Waals surface area contributed by atoms with Crippen LogP contribution in [0.4, 0.5) is 10.1 Å². The maximum absolute atomic E-state index is 13.3. The van der Waals surface area contributed by atoms with Crippen LogP contribution < -0.4 is 9.64 Å². The highest BCUT2D eigenvalue weighted by Crippen LogP contribution is 2.43. The number of halogens is 1. The van der Waals surface area contributed by atoms with E-state index in [-0.39, 0.29) is 29.8 Å². The third-order valence-corrected chi connectivity index (χ3v) is 6.53. The maximum atomic E-state index is 13.3. The normalized spacial score (nSPS) is 17.7. The predicted octanol–water partition coefficient (Wildman–Crippen LogP) is 5.80. The van der Waals surface area contributed by atoms with E-state index in [2.05, 4.69) is 6.07 Å². The molecule has 1 amide bonds. The van der Waals surface area contributed by atoms with Gasteiger partial charge in [-0.3, -0.25) is 14.5 Å². The summed E-state index contributed by atoms with van der Waals surface area (Å²) in [7, 11) is 0. The second-order valence-electron chi connectivity index (χ2n) is 8.77. The Morgan fingerprint density at radius 2 is 1.66 bits per heavy atom. The second-order valence-corrected chi connectivity index (χ2v) is 8.77. The van der Waals surface area contributed by atoms with E-state index >= 15 is 0 Å². The lowest BCUT2D eigenvalue weighted by molar-refractivity contribution is -0.119. The Morgan fingerprint density at radius 3 is 2.34 bits per heavy atom. The van der Waals surface area contributed by atoms with E-state index in [0.29, 0.717) is 48.4 Å². The van der Waals surface area contributed by atoms with Crippen LogP contribution in [0.15, 0.2) is 84.1 Å². The molecule has 1 aliphatic heterocycles. The zero-order chi connectivity index (χ0) is 24.4. The summed E-state index contributed by atoms with van der Waals surface area (Å²) in [6.07, 6.45) is 2.03. The number of ketones is 1. The van der Waals surface area contributed by atoms with E-state index in [0.717, 1.165) is 16.8 Å². The summed E-state index contributed by atoms with van der Waals surface area (Å²) in [6, 6.07) is 22.6. The number of rotatable bonds is 5. The van der Waals surface area contributed by atoms with Crippen LogP contribution in [0.1, 0.15) is 48.3 Å². The molecule has 0 bridgehead atoms. The molecule has 1 atom stereocenters. The minimum absolute atomic E-state index is 0.0650. The standard InChI is InChI=1S/C29H23FN2O3/c30-22-10-4-20(5-11-22)18-35-24-14-8-21(9-15-24)25-16-28(34)32(23-12-6-19(17-31)7-13-23)26-2-1-3-27(33)29(25)26/h4-15,25H,1-3,16,18H2. The average molecular weight is 467 g/mol. The Hall–Kier alpha value is -4.24. The van der Waals surface area contributed by atoms with Gasteiger partial charge < -0.3 is 4.74 Å². The fourth-order valence-electron chi connectivity index (χ4n) is 4.81. The number of allylic oxidation sites excluding steroid dienone is 2. The summed E-state index contributed by atoms with van der Waals surface area (Å²) in [6.45, 7) is 0.314. The van der Waals surface area contributed by atoms with E-state index < -0.39 is 0 Å². The van der Waals surface area contributed by atoms with Crippen LogP contribution in [-0.2, 0) is 16.2 Å². The SMILES string of the molecule is N#Cc1ccc(N2C(=O)CC(c3ccc(OCc4ccc(F)cc4)cc3)C3=C2CCCC3=O)cc1. The lowest BCUT2D eigenvalue weighted by Crippen LogP contribution is -2.40. The first kappa shape index (κ1) is 22.5. The van der Waals surface area contributed by atoms with Crippen molar-refractivity contribution in [3.8, 4) is 11.8 Å². The smallest absolute Gasteiger partial charge is 0.232 e. The molecule has 6 heteroatoms. The number of Topliss-reactive ketones (excluding diaryl/α,β-unsaturated/α-hetero) is 1. The highest BCUT2D eigenvalue weighted by Gasteiger charge is 2.39. The summed E-state index contributed by atoms with van der Waals surface area (Å²) in [4.78, 5) is 28.0. The third kappa shape index (κ3) is 4.58. The number of carbonyl (C=O) groups is 2. The monoisotopic (exact) mass is 466 g/mol. The van der Waals surface area contributed by atoms with Crippen LogP contribution in [0, 0.1) is 17.1 Å². The average Bonchev–Trinajstić information content (AvgIpc) is 2.88. The summed E-state index contributed by atoms with van der Waals surface area (Å²) in [5, 5.41) is 9.09. The number of nitrogens with zero attached hydrogens (tertiary/aromatic N) is 2. The van der Waals surface area contributed by atoms with Gasteiger partial charge in [-0.25, -0.2) is 4.39 Å². The van der Waals surface area contributed by atoms with Crippen molar-refractivity contribution in [2.75, 3.05) is 4.90 Å². The van der Waals surface area contributed by atoms with Crippen LogP contribution in [0.25, 0.3) is 0 Å². The van der Waals surface area contributed by atoms with Crippen molar-refractivity contribution in [3.63, 3.8) is 0 Å². The van der Waals surface area contributed by atoms with Crippen LogP contribution >= 0.6 is 0 Å². The molecule has 1 aliphatic carbocycles. The largest absolute Gasteiger partial charge is 0.489 e. The molecule has 2 aliphatic rings. The first-order valence-corrected chi connectivity index (χ1v) is 11.6. The molecule has 0 N–H and O–H groups in total. The van der Waals surface area contributed by atoms with Gasteiger partial charge in [0.25, 0.3) is 0 Å². The minimum atomic E-state index is -0.300. The molecule has 5 nitrogen and oxygen atoms in total. The summed E-state index contributed by atoms with van der Waals surface area (Å²) in [5.41, 5.74) is 4.43. The molecule has 1 heterocycles. The number of amides is 1. The molecule has 1 unspecified atom stereocenters. The molecule has 5 rings (SSSR count). The molecule has 174 valence electrons. The molecular formula is C29H23FN2O3. The van der Waals surface area contributed by atoms with Gasteiger partial charge in [-0.2, -0.15) is 5.26 Å². The number of hydrogen-bond acceptors (Lipinski definition) is 4. The number of anilines is 1. The van der Waals surface area contributed by atoms with E-state index in [1.807, 2.05) is 24.3 Å². The van der Waals surface area contributed by atoms with Crippen molar-refractivity contribution in [3.05, 3.63) is 107 Å². The number of nitriles is 1. The van der Waals surface area contributed by atoms with Crippen molar-refractivity contribution >= 4 is 17.4 Å². The quantitative estimate of drug-likeness (QED) is 0.476. The van der Waals surface area contributed by atoms with E-state index in [1.165, 1.54) is 12.1 Å². The fraction of sp³-hybridized carbons (Fsp3) is 0.207. The zero-order valence-corrected chi connectivity index (χ0v) is 19.0. The number of ether oxygens (including phenoxy) is 1.